The molecule has 0 unspecified atom stereocenters. The maximum absolute atomic E-state index is 12.9. The third kappa shape index (κ3) is 3.93. The molecule has 0 aliphatic carbocycles. The number of hydrogen-bond acceptors (Lipinski definition) is 3. The maximum atomic E-state index is 12.9. The summed E-state index contributed by atoms with van der Waals surface area (Å²) in [4.78, 5) is 19.0. The lowest BCUT2D eigenvalue weighted by Crippen LogP contribution is -2.43. The molecule has 3 heterocycles. The molecule has 1 saturated heterocycles. The van der Waals surface area contributed by atoms with Crippen LogP contribution in [0.15, 0.2) is 49.1 Å². The zero-order valence-corrected chi connectivity index (χ0v) is 16.4. The van der Waals surface area contributed by atoms with Crippen LogP contribution in [0.3, 0.4) is 0 Å². The Morgan fingerprint density at radius 1 is 1.29 bits per heavy atom. The number of urea groups is 1. The highest BCUT2D eigenvalue weighted by Gasteiger charge is 2.25. The number of nitrogens with one attached hydrogen (secondary N) is 1. The van der Waals surface area contributed by atoms with E-state index in [4.69, 9.17) is 0 Å². The van der Waals surface area contributed by atoms with E-state index in [-0.39, 0.29) is 6.03 Å². The number of hydrogen-bond donors (Lipinski definition) is 1. The van der Waals surface area contributed by atoms with Crippen LogP contribution >= 0.6 is 0 Å². The van der Waals surface area contributed by atoms with Crippen molar-refractivity contribution in [3.05, 3.63) is 60.3 Å². The number of carbonyl (C=O) groups is 1. The van der Waals surface area contributed by atoms with Crippen molar-refractivity contribution in [1.29, 1.82) is 0 Å². The first-order valence-electron chi connectivity index (χ1n) is 9.74. The predicted molar refractivity (Wildman–Crippen MR) is 109 cm³/mol. The van der Waals surface area contributed by atoms with Gasteiger partial charge in [-0.15, -0.1) is 0 Å². The van der Waals surface area contributed by atoms with Crippen molar-refractivity contribution in [2.24, 2.45) is 5.92 Å². The van der Waals surface area contributed by atoms with E-state index in [9.17, 15) is 4.79 Å². The SMILES string of the molecule is Cc1cc(NC(=O)N2CCC[C@H](Cn3ccnc3)C2)n(-c2ccccc2C)n1. The van der Waals surface area contributed by atoms with Gasteiger partial charge in [-0.05, 0) is 44.2 Å². The number of anilines is 1. The molecule has 2 aromatic heterocycles. The van der Waals surface area contributed by atoms with Gasteiger partial charge in [0.25, 0.3) is 0 Å². The Morgan fingerprint density at radius 2 is 2.14 bits per heavy atom. The van der Waals surface area contributed by atoms with E-state index in [2.05, 4.69) is 20.0 Å². The summed E-state index contributed by atoms with van der Waals surface area (Å²) < 4.78 is 3.90. The van der Waals surface area contributed by atoms with E-state index in [0.29, 0.717) is 11.7 Å². The molecule has 28 heavy (non-hydrogen) atoms. The second kappa shape index (κ2) is 7.88. The van der Waals surface area contributed by atoms with Gasteiger partial charge in [0.2, 0.25) is 0 Å². The molecule has 146 valence electrons. The first kappa shape index (κ1) is 18.3. The molecule has 3 aromatic rings. The number of aryl methyl sites for hydroxylation is 2. The van der Waals surface area contributed by atoms with Crippen LogP contribution in [0, 0.1) is 19.8 Å². The summed E-state index contributed by atoms with van der Waals surface area (Å²) in [5.41, 5.74) is 2.96. The molecule has 0 saturated carbocycles. The van der Waals surface area contributed by atoms with Crippen LogP contribution in [-0.4, -0.2) is 43.4 Å². The Kier molecular flexibility index (Phi) is 5.14. The number of amides is 2. The van der Waals surface area contributed by atoms with Crippen LogP contribution in [-0.2, 0) is 6.54 Å². The zero-order chi connectivity index (χ0) is 19.5. The molecule has 0 spiro atoms. The molecule has 0 radical (unpaired) electrons. The molecule has 1 aliphatic heterocycles. The monoisotopic (exact) mass is 378 g/mol. The number of carbonyl (C=O) groups excluding carboxylic acids is 1. The summed E-state index contributed by atoms with van der Waals surface area (Å²) in [6.45, 7) is 6.41. The minimum atomic E-state index is -0.0648. The first-order valence-corrected chi connectivity index (χ1v) is 9.74. The first-order chi connectivity index (χ1) is 13.6. The van der Waals surface area contributed by atoms with Crippen LogP contribution in [0.25, 0.3) is 5.69 Å². The fourth-order valence-corrected chi connectivity index (χ4v) is 3.85. The second-order valence-electron chi connectivity index (χ2n) is 7.51. The van der Waals surface area contributed by atoms with Crippen molar-refractivity contribution >= 4 is 11.8 Å². The molecule has 1 atom stereocenters. The van der Waals surface area contributed by atoms with Crippen molar-refractivity contribution in [1.82, 2.24) is 24.2 Å². The van der Waals surface area contributed by atoms with Gasteiger partial charge >= 0.3 is 6.03 Å². The summed E-state index contributed by atoms with van der Waals surface area (Å²) in [7, 11) is 0. The van der Waals surface area contributed by atoms with E-state index in [1.807, 2.05) is 66.3 Å². The van der Waals surface area contributed by atoms with Crippen molar-refractivity contribution in [3.8, 4) is 5.69 Å². The summed E-state index contributed by atoms with van der Waals surface area (Å²) in [5, 5.41) is 7.65. The van der Waals surface area contributed by atoms with Gasteiger partial charge < -0.3 is 9.47 Å². The van der Waals surface area contributed by atoms with Gasteiger partial charge in [0.1, 0.15) is 5.82 Å². The van der Waals surface area contributed by atoms with Gasteiger partial charge in [0.05, 0.1) is 17.7 Å². The zero-order valence-electron chi connectivity index (χ0n) is 16.4. The highest BCUT2D eigenvalue weighted by molar-refractivity contribution is 5.89. The number of rotatable bonds is 4. The number of piperidine rings is 1. The Labute approximate surface area is 165 Å². The molecule has 1 aliphatic rings. The Balaban J connectivity index is 1.47. The summed E-state index contributed by atoms with van der Waals surface area (Å²) in [5.74, 6) is 1.14. The van der Waals surface area contributed by atoms with E-state index >= 15 is 0 Å². The van der Waals surface area contributed by atoms with Crippen LogP contribution in [0.2, 0.25) is 0 Å². The van der Waals surface area contributed by atoms with E-state index < -0.39 is 0 Å². The summed E-state index contributed by atoms with van der Waals surface area (Å²) in [6, 6.07) is 9.89. The van der Waals surface area contributed by atoms with E-state index in [1.54, 1.807) is 6.20 Å². The van der Waals surface area contributed by atoms with Crippen LogP contribution in [0.5, 0.6) is 0 Å². The standard InChI is InChI=1S/C21H26N6O/c1-16-6-3-4-8-19(16)27-20(12-17(2)24-27)23-21(28)26-10-5-7-18(14-26)13-25-11-9-22-15-25/h3-4,6,8-9,11-12,15,18H,5,7,10,13-14H2,1-2H3,(H,23,28)/t18-/m1/s1. The van der Waals surface area contributed by atoms with E-state index in [0.717, 1.165) is 49.4 Å². The molecule has 7 heteroatoms. The maximum Gasteiger partial charge on any atom is 0.323 e. The molecule has 7 nitrogen and oxygen atoms in total. The number of benzene rings is 1. The molecule has 1 aromatic carbocycles. The highest BCUT2D eigenvalue weighted by Crippen LogP contribution is 2.22. The Hall–Kier alpha value is -3.09. The minimum absolute atomic E-state index is 0.0648. The lowest BCUT2D eigenvalue weighted by Gasteiger charge is -2.33. The van der Waals surface area contributed by atoms with Crippen molar-refractivity contribution in [3.63, 3.8) is 0 Å². The predicted octanol–water partition coefficient (Wildman–Crippen LogP) is 3.63. The quantitative estimate of drug-likeness (QED) is 0.754. The lowest BCUT2D eigenvalue weighted by atomic mass is 9.98. The number of aromatic nitrogens is 4. The second-order valence-corrected chi connectivity index (χ2v) is 7.51. The van der Waals surface area contributed by atoms with Crippen molar-refractivity contribution in [2.75, 3.05) is 18.4 Å². The fraction of sp³-hybridized carbons (Fsp3) is 0.381. The number of para-hydroxylation sites is 1. The van der Waals surface area contributed by atoms with Gasteiger partial charge in [-0.2, -0.15) is 5.10 Å². The smallest absolute Gasteiger partial charge is 0.323 e. The van der Waals surface area contributed by atoms with Crippen LogP contribution in [0.1, 0.15) is 24.1 Å². The fourth-order valence-electron chi connectivity index (χ4n) is 3.85. The average molecular weight is 378 g/mol. The third-order valence-corrected chi connectivity index (χ3v) is 5.24. The van der Waals surface area contributed by atoms with Gasteiger partial charge in [-0.1, -0.05) is 18.2 Å². The highest BCUT2D eigenvalue weighted by atomic mass is 16.2. The molecule has 2 amide bonds. The van der Waals surface area contributed by atoms with Gasteiger partial charge in [-0.25, -0.2) is 14.5 Å². The molecular formula is C21H26N6O. The average Bonchev–Trinajstić information content (AvgIpc) is 3.32. The minimum Gasteiger partial charge on any atom is -0.337 e. The van der Waals surface area contributed by atoms with Crippen molar-refractivity contribution in [2.45, 2.75) is 33.2 Å². The number of nitrogens with zero attached hydrogens (tertiary/aromatic N) is 5. The Morgan fingerprint density at radius 3 is 2.93 bits per heavy atom. The largest absolute Gasteiger partial charge is 0.337 e. The van der Waals surface area contributed by atoms with Crippen molar-refractivity contribution < 1.29 is 4.79 Å². The number of likely N-dealkylation sites (tertiary alicyclic amines) is 1. The van der Waals surface area contributed by atoms with E-state index in [1.165, 1.54) is 0 Å². The van der Waals surface area contributed by atoms with Crippen LogP contribution in [0.4, 0.5) is 10.6 Å². The third-order valence-electron chi connectivity index (χ3n) is 5.24. The van der Waals surface area contributed by atoms with Gasteiger partial charge in [0, 0.05) is 38.1 Å². The van der Waals surface area contributed by atoms with Gasteiger partial charge in [-0.3, -0.25) is 5.32 Å². The molecule has 0 bridgehead atoms. The number of imidazole rings is 1. The normalized spacial score (nSPS) is 16.9. The van der Waals surface area contributed by atoms with Gasteiger partial charge in [0.15, 0.2) is 0 Å². The topological polar surface area (TPSA) is 68.0 Å². The molecule has 1 fully saturated rings. The summed E-state index contributed by atoms with van der Waals surface area (Å²) >= 11 is 0. The lowest BCUT2D eigenvalue weighted by molar-refractivity contribution is 0.170. The summed E-state index contributed by atoms with van der Waals surface area (Å²) in [6.07, 6.45) is 7.75. The molecule has 1 N–H and O–H groups in total. The molecule has 4 rings (SSSR count). The van der Waals surface area contributed by atoms with Crippen LogP contribution < -0.4 is 5.32 Å². The Bertz CT molecular complexity index is 946. The molecular weight excluding hydrogens is 352 g/mol.